The molecule has 27 heavy (non-hydrogen) atoms. The first-order valence-electron chi connectivity index (χ1n) is 7.91. The van der Waals surface area contributed by atoms with Gasteiger partial charge in [-0.25, -0.2) is 4.79 Å². The van der Waals surface area contributed by atoms with Crippen LogP contribution in [0.4, 0.5) is 5.69 Å². The molecule has 3 rings (SSSR count). The average Bonchev–Trinajstić information content (AvgIpc) is 3.18. The van der Waals surface area contributed by atoms with E-state index in [2.05, 4.69) is 10.2 Å². The van der Waals surface area contributed by atoms with E-state index in [1.165, 1.54) is 24.3 Å². The summed E-state index contributed by atoms with van der Waals surface area (Å²) in [6.07, 6.45) is 1.21. The van der Waals surface area contributed by atoms with Crippen LogP contribution in [-0.2, 0) is 4.74 Å². The summed E-state index contributed by atoms with van der Waals surface area (Å²) in [6, 6.07) is 12.8. The van der Waals surface area contributed by atoms with E-state index in [-0.39, 0.29) is 17.5 Å². The number of nitro benzene ring substituents is 1. The molecular formula is C18H15N3O5S. The number of benzene rings is 2. The zero-order valence-corrected chi connectivity index (χ0v) is 15.3. The molecule has 0 saturated heterocycles. The Bertz CT molecular complexity index is 954. The molecule has 8 nitrogen and oxygen atoms in total. The van der Waals surface area contributed by atoms with Crippen LogP contribution in [0.3, 0.4) is 0 Å². The third-order valence-electron chi connectivity index (χ3n) is 3.72. The normalized spacial score (nSPS) is 11.8. The molecule has 0 radical (unpaired) electrons. The average molecular weight is 385 g/mol. The van der Waals surface area contributed by atoms with Gasteiger partial charge in [-0.3, -0.25) is 10.1 Å². The number of carbonyl (C=O) groups is 1. The van der Waals surface area contributed by atoms with Crippen LogP contribution in [0.2, 0.25) is 0 Å². The van der Waals surface area contributed by atoms with Gasteiger partial charge in [-0.15, -0.1) is 22.0 Å². The molecule has 0 spiro atoms. The Labute approximate surface area is 158 Å². The second-order valence-electron chi connectivity index (χ2n) is 5.53. The molecule has 0 amide bonds. The molecule has 1 heterocycles. The summed E-state index contributed by atoms with van der Waals surface area (Å²) in [7, 11) is 0. The van der Waals surface area contributed by atoms with Crippen LogP contribution in [0.1, 0.15) is 29.3 Å². The molecule has 0 aliphatic heterocycles. The number of rotatable bonds is 6. The Morgan fingerprint density at radius 1 is 1.15 bits per heavy atom. The molecule has 3 aromatic rings. The quantitative estimate of drug-likeness (QED) is 0.268. The lowest BCUT2D eigenvalue weighted by atomic mass is 10.2. The van der Waals surface area contributed by atoms with Gasteiger partial charge in [0.15, 0.2) is 6.10 Å². The maximum absolute atomic E-state index is 12.2. The van der Waals surface area contributed by atoms with Crippen LogP contribution >= 0.6 is 11.8 Å². The lowest BCUT2D eigenvalue weighted by Gasteiger charge is -2.09. The van der Waals surface area contributed by atoms with Gasteiger partial charge in [0.05, 0.1) is 10.5 Å². The third-order valence-corrected chi connectivity index (χ3v) is 4.47. The van der Waals surface area contributed by atoms with E-state index in [0.29, 0.717) is 11.1 Å². The molecular weight excluding hydrogens is 370 g/mol. The van der Waals surface area contributed by atoms with Gasteiger partial charge < -0.3 is 9.15 Å². The fraction of sp³-hybridized carbons (Fsp3) is 0.167. The standard InChI is InChI=1S/C18H15N3O5S/c1-11(25-18(22)13-5-9-15(27-2)10-6-13)16-19-20-17(26-16)12-3-7-14(8-4-12)21(23)24/h3-11H,1-2H3/t11-/m1/s1. The molecule has 1 atom stereocenters. The van der Waals surface area contributed by atoms with Crippen LogP contribution in [-0.4, -0.2) is 27.3 Å². The summed E-state index contributed by atoms with van der Waals surface area (Å²) in [4.78, 5) is 23.5. The van der Waals surface area contributed by atoms with Crippen molar-refractivity contribution in [2.45, 2.75) is 17.9 Å². The zero-order chi connectivity index (χ0) is 19.4. The second-order valence-corrected chi connectivity index (χ2v) is 6.41. The molecule has 0 N–H and O–H groups in total. The minimum Gasteiger partial charge on any atom is -0.449 e. The number of nitro groups is 1. The number of esters is 1. The van der Waals surface area contributed by atoms with Crippen molar-refractivity contribution < 1.29 is 18.9 Å². The SMILES string of the molecule is CSc1ccc(C(=O)O[C@H](C)c2nnc(-c3ccc([N+](=O)[O-])cc3)o2)cc1. The smallest absolute Gasteiger partial charge is 0.338 e. The van der Waals surface area contributed by atoms with Gasteiger partial charge in [0.1, 0.15) is 0 Å². The highest BCUT2D eigenvalue weighted by Gasteiger charge is 2.20. The first-order valence-corrected chi connectivity index (χ1v) is 9.13. The zero-order valence-electron chi connectivity index (χ0n) is 14.5. The van der Waals surface area contributed by atoms with Crippen molar-refractivity contribution >= 4 is 23.4 Å². The first-order chi connectivity index (χ1) is 13.0. The number of aromatic nitrogens is 2. The topological polar surface area (TPSA) is 108 Å². The summed E-state index contributed by atoms with van der Waals surface area (Å²) in [5, 5.41) is 18.5. The lowest BCUT2D eigenvalue weighted by molar-refractivity contribution is -0.384. The number of nitrogens with zero attached hydrogens (tertiary/aromatic N) is 3. The molecule has 1 aromatic heterocycles. The van der Waals surface area contributed by atoms with Crippen LogP contribution in [0, 0.1) is 10.1 Å². The predicted molar refractivity (Wildman–Crippen MR) is 98.4 cm³/mol. The molecule has 2 aromatic carbocycles. The van der Waals surface area contributed by atoms with Crippen molar-refractivity contribution in [2.75, 3.05) is 6.26 Å². The van der Waals surface area contributed by atoms with E-state index in [0.717, 1.165) is 4.90 Å². The number of hydrogen-bond acceptors (Lipinski definition) is 8. The Kier molecular flexibility index (Phi) is 5.51. The minimum atomic E-state index is -0.739. The van der Waals surface area contributed by atoms with E-state index in [4.69, 9.17) is 9.15 Å². The fourth-order valence-corrected chi connectivity index (χ4v) is 2.66. The van der Waals surface area contributed by atoms with E-state index in [9.17, 15) is 14.9 Å². The van der Waals surface area contributed by atoms with Crippen LogP contribution in [0.25, 0.3) is 11.5 Å². The van der Waals surface area contributed by atoms with E-state index in [1.54, 1.807) is 30.8 Å². The monoisotopic (exact) mass is 385 g/mol. The minimum absolute atomic E-state index is 0.0340. The van der Waals surface area contributed by atoms with Crippen LogP contribution < -0.4 is 0 Å². The van der Waals surface area contributed by atoms with Gasteiger partial charge in [-0.2, -0.15) is 0 Å². The van der Waals surface area contributed by atoms with Gasteiger partial charge in [0.25, 0.3) is 11.6 Å². The van der Waals surface area contributed by atoms with Crippen LogP contribution in [0.15, 0.2) is 57.8 Å². The van der Waals surface area contributed by atoms with Crippen molar-refractivity contribution in [3.63, 3.8) is 0 Å². The van der Waals surface area contributed by atoms with Gasteiger partial charge in [0, 0.05) is 22.6 Å². The summed E-state index contributed by atoms with van der Waals surface area (Å²) in [6.45, 7) is 1.63. The number of thioether (sulfide) groups is 1. The Balaban J connectivity index is 1.69. The predicted octanol–water partition coefficient (Wildman–Crippen LogP) is 4.28. The lowest BCUT2D eigenvalue weighted by Crippen LogP contribution is -2.09. The summed E-state index contributed by atoms with van der Waals surface area (Å²) < 4.78 is 10.9. The van der Waals surface area contributed by atoms with Crippen molar-refractivity contribution in [3.05, 3.63) is 70.1 Å². The molecule has 0 aliphatic rings. The molecule has 9 heteroatoms. The van der Waals surface area contributed by atoms with Crippen molar-refractivity contribution in [2.24, 2.45) is 0 Å². The molecule has 0 saturated carbocycles. The summed E-state index contributed by atoms with van der Waals surface area (Å²) in [5.41, 5.74) is 0.925. The molecule has 0 aliphatic carbocycles. The number of non-ortho nitro benzene ring substituents is 1. The summed E-state index contributed by atoms with van der Waals surface area (Å²) >= 11 is 1.58. The van der Waals surface area contributed by atoms with E-state index in [1.807, 2.05) is 18.4 Å². The van der Waals surface area contributed by atoms with Crippen molar-refractivity contribution in [1.29, 1.82) is 0 Å². The molecule has 138 valence electrons. The Hall–Kier alpha value is -3.20. The molecule has 0 unspecified atom stereocenters. The van der Waals surface area contributed by atoms with Gasteiger partial charge in [-0.05, 0) is 49.6 Å². The van der Waals surface area contributed by atoms with Gasteiger partial charge >= 0.3 is 5.97 Å². The van der Waals surface area contributed by atoms with E-state index >= 15 is 0 Å². The Morgan fingerprint density at radius 3 is 2.41 bits per heavy atom. The van der Waals surface area contributed by atoms with E-state index < -0.39 is 17.0 Å². The number of hydrogen-bond donors (Lipinski definition) is 0. The third kappa shape index (κ3) is 4.32. The molecule has 0 fully saturated rings. The maximum Gasteiger partial charge on any atom is 0.338 e. The Morgan fingerprint density at radius 2 is 1.81 bits per heavy atom. The van der Waals surface area contributed by atoms with Gasteiger partial charge in [0.2, 0.25) is 5.89 Å². The van der Waals surface area contributed by atoms with Gasteiger partial charge in [-0.1, -0.05) is 0 Å². The molecule has 0 bridgehead atoms. The highest BCUT2D eigenvalue weighted by Crippen LogP contribution is 2.25. The maximum atomic E-state index is 12.2. The number of carbonyl (C=O) groups excluding carboxylic acids is 1. The fourth-order valence-electron chi connectivity index (χ4n) is 2.25. The highest BCUT2D eigenvalue weighted by atomic mass is 32.2. The highest BCUT2D eigenvalue weighted by molar-refractivity contribution is 7.98. The number of ether oxygens (including phenoxy) is 1. The summed E-state index contributed by atoms with van der Waals surface area (Å²) in [5.74, 6) is -0.171. The first kappa shape index (κ1) is 18.6. The van der Waals surface area contributed by atoms with Crippen molar-refractivity contribution in [1.82, 2.24) is 10.2 Å². The largest absolute Gasteiger partial charge is 0.449 e. The van der Waals surface area contributed by atoms with Crippen molar-refractivity contribution in [3.8, 4) is 11.5 Å². The second kappa shape index (κ2) is 8.00. The van der Waals surface area contributed by atoms with Crippen LogP contribution in [0.5, 0.6) is 0 Å².